The standard InChI is InChI=1S/C20H21NO4/c1-4-25-20(23)18(15-8-6-5-7-9-15)19(21-14(2)22)16-10-12-17(24-3)13-11-16/h5-13H,4H2,1-3H3,(H,21,22)/b19-18-. The lowest BCUT2D eigenvalue weighted by Gasteiger charge is -2.16. The first-order chi connectivity index (χ1) is 12.1. The van der Waals surface area contributed by atoms with Gasteiger partial charge in [-0.15, -0.1) is 0 Å². The van der Waals surface area contributed by atoms with Gasteiger partial charge < -0.3 is 14.8 Å². The molecule has 2 aromatic carbocycles. The van der Waals surface area contributed by atoms with Crippen LogP contribution >= 0.6 is 0 Å². The molecule has 130 valence electrons. The predicted octanol–water partition coefficient (Wildman–Crippen LogP) is 3.26. The number of rotatable bonds is 6. The highest BCUT2D eigenvalue weighted by molar-refractivity contribution is 6.25. The van der Waals surface area contributed by atoms with Crippen molar-refractivity contribution in [3.05, 3.63) is 65.7 Å². The van der Waals surface area contributed by atoms with Gasteiger partial charge in [0.2, 0.25) is 5.91 Å². The molecule has 0 saturated carbocycles. The number of amides is 1. The van der Waals surface area contributed by atoms with Crippen molar-refractivity contribution in [2.24, 2.45) is 0 Å². The van der Waals surface area contributed by atoms with E-state index in [4.69, 9.17) is 9.47 Å². The van der Waals surface area contributed by atoms with E-state index in [1.54, 1.807) is 50.4 Å². The van der Waals surface area contributed by atoms with Crippen LogP contribution in [0.2, 0.25) is 0 Å². The third kappa shape index (κ3) is 4.70. The lowest BCUT2D eigenvalue weighted by Crippen LogP contribution is -2.22. The molecule has 0 aliphatic heterocycles. The Morgan fingerprint density at radius 2 is 1.60 bits per heavy atom. The van der Waals surface area contributed by atoms with Gasteiger partial charge in [0, 0.05) is 6.92 Å². The van der Waals surface area contributed by atoms with Gasteiger partial charge in [0.05, 0.1) is 25.0 Å². The highest BCUT2D eigenvalue weighted by atomic mass is 16.5. The zero-order chi connectivity index (χ0) is 18.2. The van der Waals surface area contributed by atoms with Crippen molar-refractivity contribution in [3.63, 3.8) is 0 Å². The molecule has 0 radical (unpaired) electrons. The summed E-state index contributed by atoms with van der Waals surface area (Å²) in [6, 6.07) is 16.2. The maximum atomic E-state index is 12.6. The van der Waals surface area contributed by atoms with Crippen LogP contribution in [0.3, 0.4) is 0 Å². The van der Waals surface area contributed by atoms with Crippen LogP contribution in [0.15, 0.2) is 54.6 Å². The molecule has 0 bridgehead atoms. The van der Waals surface area contributed by atoms with Gasteiger partial charge >= 0.3 is 5.97 Å². The minimum atomic E-state index is -0.492. The first-order valence-electron chi connectivity index (χ1n) is 7.95. The minimum absolute atomic E-state index is 0.241. The third-order valence-corrected chi connectivity index (χ3v) is 3.47. The van der Waals surface area contributed by atoms with Crippen LogP contribution in [0.4, 0.5) is 0 Å². The summed E-state index contributed by atoms with van der Waals surface area (Å²) in [5, 5.41) is 2.77. The summed E-state index contributed by atoms with van der Waals surface area (Å²) in [7, 11) is 1.58. The number of ether oxygens (including phenoxy) is 2. The molecule has 0 saturated heterocycles. The van der Waals surface area contributed by atoms with Gasteiger partial charge in [0.25, 0.3) is 0 Å². The lowest BCUT2D eigenvalue weighted by molar-refractivity contribution is -0.136. The van der Waals surface area contributed by atoms with E-state index in [9.17, 15) is 9.59 Å². The summed E-state index contributed by atoms with van der Waals surface area (Å²) >= 11 is 0. The van der Waals surface area contributed by atoms with E-state index in [0.717, 1.165) is 0 Å². The number of hydrogen-bond donors (Lipinski definition) is 1. The Hall–Kier alpha value is -3.08. The molecule has 2 aromatic rings. The molecule has 5 heteroatoms. The van der Waals surface area contributed by atoms with Gasteiger partial charge in [-0.25, -0.2) is 4.79 Å². The maximum absolute atomic E-state index is 12.6. The molecule has 0 heterocycles. The molecule has 5 nitrogen and oxygen atoms in total. The van der Waals surface area contributed by atoms with E-state index in [-0.39, 0.29) is 12.5 Å². The van der Waals surface area contributed by atoms with Gasteiger partial charge in [-0.1, -0.05) is 30.3 Å². The first-order valence-corrected chi connectivity index (χ1v) is 7.95. The fourth-order valence-corrected chi connectivity index (χ4v) is 2.39. The van der Waals surface area contributed by atoms with Crippen LogP contribution in [0.5, 0.6) is 5.75 Å². The number of carbonyl (C=O) groups excluding carboxylic acids is 2. The van der Waals surface area contributed by atoms with Crippen LogP contribution in [0.25, 0.3) is 11.3 Å². The van der Waals surface area contributed by atoms with Crippen LogP contribution in [0, 0.1) is 0 Å². The molecule has 0 fully saturated rings. The van der Waals surface area contributed by atoms with Crippen molar-refractivity contribution in [2.45, 2.75) is 13.8 Å². The Labute approximate surface area is 147 Å². The number of benzene rings is 2. The monoisotopic (exact) mass is 339 g/mol. The van der Waals surface area contributed by atoms with E-state index >= 15 is 0 Å². The van der Waals surface area contributed by atoms with E-state index in [0.29, 0.717) is 28.1 Å². The number of nitrogens with one attached hydrogen (secondary N) is 1. The summed E-state index contributed by atoms with van der Waals surface area (Å²) in [6.07, 6.45) is 0. The summed E-state index contributed by atoms with van der Waals surface area (Å²) in [5.74, 6) is -0.0832. The van der Waals surface area contributed by atoms with Crippen LogP contribution in [-0.2, 0) is 14.3 Å². The molecule has 0 aliphatic carbocycles. The topological polar surface area (TPSA) is 64.6 Å². The number of methoxy groups -OCH3 is 1. The molecular weight excluding hydrogens is 318 g/mol. The van der Waals surface area contributed by atoms with Gasteiger partial charge in [-0.2, -0.15) is 0 Å². The zero-order valence-electron chi connectivity index (χ0n) is 14.5. The Balaban J connectivity index is 2.67. The van der Waals surface area contributed by atoms with Gasteiger partial charge in [0.15, 0.2) is 0 Å². The molecule has 0 aliphatic rings. The van der Waals surface area contributed by atoms with Crippen LogP contribution in [0.1, 0.15) is 25.0 Å². The van der Waals surface area contributed by atoms with Crippen molar-refractivity contribution in [1.29, 1.82) is 0 Å². The fraction of sp³-hybridized carbons (Fsp3) is 0.200. The minimum Gasteiger partial charge on any atom is -0.497 e. The van der Waals surface area contributed by atoms with E-state index in [2.05, 4.69) is 5.32 Å². The van der Waals surface area contributed by atoms with E-state index in [1.165, 1.54) is 6.92 Å². The van der Waals surface area contributed by atoms with Gasteiger partial charge in [0.1, 0.15) is 5.75 Å². The number of carbonyl (C=O) groups is 2. The van der Waals surface area contributed by atoms with Crippen molar-refractivity contribution >= 4 is 23.1 Å². The average Bonchev–Trinajstić information content (AvgIpc) is 2.62. The van der Waals surface area contributed by atoms with E-state index < -0.39 is 5.97 Å². The molecule has 2 rings (SSSR count). The largest absolute Gasteiger partial charge is 0.497 e. The Bertz CT molecular complexity index is 764. The van der Waals surface area contributed by atoms with Crippen molar-refractivity contribution in [2.75, 3.05) is 13.7 Å². The Morgan fingerprint density at radius 3 is 2.12 bits per heavy atom. The summed E-state index contributed by atoms with van der Waals surface area (Å²) in [4.78, 5) is 24.4. The van der Waals surface area contributed by atoms with Crippen LogP contribution < -0.4 is 10.1 Å². The molecule has 0 atom stereocenters. The molecule has 1 amide bonds. The molecule has 0 unspecified atom stereocenters. The highest BCUT2D eigenvalue weighted by Crippen LogP contribution is 2.27. The van der Waals surface area contributed by atoms with Gasteiger partial charge in [-0.05, 0) is 42.3 Å². The molecule has 1 N–H and O–H groups in total. The highest BCUT2D eigenvalue weighted by Gasteiger charge is 2.21. The zero-order valence-corrected chi connectivity index (χ0v) is 14.5. The predicted molar refractivity (Wildman–Crippen MR) is 96.7 cm³/mol. The van der Waals surface area contributed by atoms with Crippen molar-refractivity contribution in [1.82, 2.24) is 5.32 Å². The lowest BCUT2D eigenvalue weighted by atomic mass is 9.99. The molecule has 0 aromatic heterocycles. The quantitative estimate of drug-likeness (QED) is 0.498. The number of hydrogen-bond acceptors (Lipinski definition) is 4. The Morgan fingerprint density at radius 1 is 0.960 bits per heavy atom. The normalized spacial score (nSPS) is 11.3. The van der Waals surface area contributed by atoms with Gasteiger partial charge in [-0.3, -0.25) is 4.79 Å². The molecule has 25 heavy (non-hydrogen) atoms. The summed E-state index contributed by atoms with van der Waals surface area (Å²) in [6.45, 7) is 3.38. The SMILES string of the molecule is CCOC(=O)/C(=C(\NC(C)=O)c1ccc(OC)cc1)c1ccccc1. The number of esters is 1. The summed E-state index contributed by atoms with van der Waals surface area (Å²) < 4.78 is 10.4. The average molecular weight is 339 g/mol. The molecule has 0 spiro atoms. The van der Waals surface area contributed by atoms with Crippen molar-refractivity contribution in [3.8, 4) is 5.75 Å². The maximum Gasteiger partial charge on any atom is 0.340 e. The second kappa shape index (κ2) is 8.68. The molecular formula is C20H21NO4. The summed E-state index contributed by atoms with van der Waals surface area (Å²) in [5.41, 5.74) is 2.06. The fourth-order valence-electron chi connectivity index (χ4n) is 2.39. The second-order valence-corrected chi connectivity index (χ2v) is 5.25. The third-order valence-electron chi connectivity index (χ3n) is 3.47. The van der Waals surface area contributed by atoms with Crippen LogP contribution in [-0.4, -0.2) is 25.6 Å². The van der Waals surface area contributed by atoms with Crippen molar-refractivity contribution < 1.29 is 19.1 Å². The second-order valence-electron chi connectivity index (χ2n) is 5.25. The first kappa shape index (κ1) is 18.3. The Kier molecular flexibility index (Phi) is 6.34. The smallest absolute Gasteiger partial charge is 0.340 e. The van der Waals surface area contributed by atoms with E-state index in [1.807, 2.05) is 18.2 Å².